The Balaban J connectivity index is 1.69. The maximum atomic E-state index is 5.34. The Kier molecular flexibility index (Phi) is 4.82. The third-order valence-electron chi connectivity index (χ3n) is 4.89. The van der Waals surface area contributed by atoms with Gasteiger partial charge in [-0.2, -0.15) is 0 Å². The number of aromatic nitrogens is 4. The number of hydrogen-bond acceptors (Lipinski definition) is 7. The molecule has 4 rings (SSSR count). The molecule has 1 aliphatic heterocycles. The molecule has 1 atom stereocenters. The van der Waals surface area contributed by atoms with Crippen LogP contribution in [-0.2, 0) is 6.54 Å². The van der Waals surface area contributed by atoms with Gasteiger partial charge < -0.3 is 4.52 Å². The van der Waals surface area contributed by atoms with Gasteiger partial charge in [0.15, 0.2) is 0 Å². The molecule has 1 aliphatic rings. The van der Waals surface area contributed by atoms with Crippen molar-refractivity contribution in [2.24, 2.45) is 0 Å². The molecule has 0 bridgehead atoms. The highest BCUT2D eigenvalue weighted by Gasteiger charge is 2.28. The van der Waals surface area contributed by atoms with Gasteiger partial charge in [-0.25, -0.2) is 15.0 Å². The number of rotatable bonds is 4. The Morgan fingerprint density at radius 1 is 1.23 bits per heavy atom. The normalized spacial score (nSPS) is 18.3. The van der Waals surface area contributed by atoms with E-state index in [0.717, 1.165) is 58.7 Å². The van der Waals surface area contributed by atoms with Crippen molar-refractivity contribution in [1.82, 2.24) is 25.0 Å². The fourth-order valence-corrected chi connectivity index (χ4v) is 4.34. The van der Waals surface area contributed by atoms with Gasteiger partial charge in [-0.15, -0.1) is 11.3 Å². The van der Waals surface area contributed by atoms with Gasteiger partial charge in [0.05, 0.1) is 29.5 Å². The molecule has 7 heteroatoms. The molecule has 0 N–H and O–H groups in total. The molecule has 0 aromatic carbocycles. The maximum Gasteiger partial charge on any atom is 0.146 e. The fourth-order valence-electron chi connectivity index (χ4n) is 3.69. The van der Waals surface area contributed by atoms with E-state index in [2.05, 4.69) is 15.0 Å². The lowest BCUT2D eigenvalue weighted by Crippen LogP contribution is -2.34. The molecule has 3 aromatic heterocycles. The van der Waals surface area contributed by atoms with Crippen LogP contribution in [0.4, 0.5) is 0 Å². The SMILES string of the molecule is Cc1cc(-c2c(C)noc2C)nc([C@H]2CCCCN2Cc2nccs2)n1. The lowest BCUT2D eigenvalue weighted by molar-refractivity contribution is 0.133. The summed E-state index contributed by atoms with van der Waals surface area (Å²) < 4.78 is 5.34. The number of nitrogens with zero attached hydrogens (tertiary/aromatic N) is 5. The lowest BCUT2D eigenvalue weighted by atomic mass is 10.0. The van der Waals surface area contributed by atoms with E-state index >= 15 is 0 Å². The van der Waals surface area contributed by atoms with Crippen LogP contribution in [-0.4, -0.2) is 31.6 Å². The van der Waals surface area contributed by atoms with Crippen LogP contribution in [0, 0.1) is 20.8 Å². The van der Waals surface area contributed by atoms with Gasteiger partial charge in [-0.3, -0.25) is 4.90 Å². The van der Waals surface area contributed by atoms with Crippen LogP contribution in [0.2, 0.25) is 0 Å². The maximum absolute atomic E-state index is 5.34. The molecule has 0 spiro atoms. The number of aryl methyl sites for hydroxylation is 3. The van der Waals surface area contributed by atoms with Gasteiger partial charge in [0.1, 0.15) is 16.6 Å². The Hall–Kier alpha value is -2.12. The summed E-state index contributed by atoms with van der Waals surface area (Å²) in [5, 5.41) is 7.26. The van der Waals surface area contributed by atoms with Crippen molar-refractivity contribution in [3.8, 4) is 11.3 Å². The number of likely N-dealkylation sites (tertiary alicyclic amines) is 1. The highest BCUT2D eigenvalue weighted by atomic mass is 32.1. The van der Waals surface area contributed by atoms with Crippen LogP contribution in [0.15, 0.2) is 22.2 Å². The summed E-state index contributed by atoms with van der Waals surface area (Å²) in [6.07, 6.45) is 5.37. The van der Waals surface area contributed by atoms with Gasteiger partial charge in [0.2, 0.25) is 0 Å². The molecule has 0 unspecified atom stereocenters. The first-order valence-electron chi connectivity index (χ1n) is 9.03. The largest absolute Gasteiger partial charge is 0.361 e. The van der Waals surface area contributed by atoms with E-state index in [-0.39, 0.29) is 6.04 Å². The Morgan fingerprint density at radius 3 is 2.85 bits per heavy atom. The van der Waals surface area contributed by atoms with Gasteiger partial charge in [-0.1, -0.05) is 11.6 Å². The lowest BCUT2D eigenvalue weighted by Gasteiger charge is -2.34. The second-order valence-corrected chi connectivity index (χ2v) is 7.84. The molecule has 1 saturated heterocycles. The Labute approximate surface area is 157 Å². The molecule has 0 amide bonds. The zero-order chi connectivity index (χ0) is 18.1. The predicted molar refractivity (Wildman–Crippen MR) is 101 cm³/mol. The molecule has 1 fully saturated rings. The summed E-state index contributed by atoms with van der Waals surface area (Å²) in [6, 6.07) is 2.25. The standard InChI is InChI=1S/C19H23N5OS/c1-12-10-15(18-13(2)23-25-14(18)3)22-19(21-12)16-6-4-5-8-24(16)11-17-20-7-9-26-17/h7,9-10,16H,4-6,8,11H2,1-3H3/t16-/m1/s1. The highest BCUT2D eigenvalue weighted by molar-refractivity contribution is 7.09. The van der Waals surface area contributed by atoms with Crippen LogP contribution in [0.1, 0.15) is 53.3 Å². The Morgan fingerprint density at radius 2 is 2.12 bits per heavy atom. The molecule has 4 heterocycles. The number of hydrogen-bond donors (Lipinski definition) is 0. The zero-order valence-electron chi connectivity index (χ0n) is 15.4. The third kappa shape index (κ3) is 3.41. The van der Waals surface area contributed by atoms with Gasteiger partial charge in [0.25, 0.3) is 0 Å². The summed E-state index contributed by atoms with van der Waals surface area (Å²) in [4.78, 5) is 16.6. The van der Waals surface area contributed by atoms with Crippen LogP contribution in [0.5, 0.6) is 0 Å². The van der Waals surface area contributed by atoms with Crippen molar-refractivity contribution in [2.45, 2.75) is 52.6 Å². The summed E-state index contributed by atoms with van der Waals surface area (Å²) in [5.74, 6) is 1.70. The molecule has 136 valence electrons. The van der Waals surface area contributed by atoms with Gasteiger partial charge >= 0.3 is 0 Å². The average Bonchev–Trinajstić information content (AvgIpc) is 3.24. The zero-order valence-corrected chi connectivity index (χ0v) is 16.2. The fraction of sp³-hybridized carbons (Fsp3) is 0.474. The molecular weight excluding hydrogens is 346 g/mol. The molecular formula is C19H23N5OS. The predicted octanol–water partition coefficient (Wildman–Crippen LogP) is 4.24. The van der Waals surface area contributed by atoms with Crippen LogP contribution >= 0.6 is 11.3 Å². The Bertz CT molecular complexity index is 870. The van der Waals surface area contributed by atoms with Gasteiger partial charge in [0, 0.05) is 17.3 Å². The quantitative estimate of drug-likeness (QED) is 0.685. The second-order valence-electron chi connectivity index (χ2n) is 6.86. The number of piperidine rings is 1. The van der Waals surface area contributed by atoms with E-state index in [1.54, 1.807) is 11.3 Å². The topological polar surface area (TPSA) is 67.9 Å². The minimum Gasteiger partial charge on any atom is -0.361 e. The molecule has 6 nitrogen and oxygen atoms in total. The van der Waals surface area contributed by atoms with Crippen molar-refractivity contribution >= 4 is 11.3 Å². The average molecular weight is 369 g/mol. The van der Waals surface area contributed by atoms with Crippen LogP contribution in [0.25, 0.3) is 11.3 Å². The van der Waals surface area contributed by atoms with E-state index in [1.165, 1.54) is 12.8 Å². The van der Waals surface area contributed by atoms with Crippen molar-refractivity contribution in [3.63, 3.8) is 0 Å². The van der Waals surface area contributed by atoms with E-state index in [0.29, 0.717) is 0 Å². The summed E-state index contributed by atoms with van der Waals surface area (Å²) >= 11 is 1.71. The summed E-state index contributed by atoms with van der Waals surface area (Å²) in [5.41, 5.74) is 3.74. The number of thiazole rings is 1. The smallest absolute Gasteiger partial charge is 0.146 e. The molecule has 0 radical (unpaired) electrons. The molecule has 3 aromatic rings. The van der Waals surface area contributed by atoms with Gasteiger partial charge in [-0.05, 0) is 46.2 Å². The van der Waals surface area contributed by atoms with E-state index in [4.69, 9.17) is 14.5 Å². The molecule has 0 aliphatic carbocycles. The summed E-state index contributed by atoms with van der Waals surface area (Å²) in [7, 11) is 0. The minimum absolute atomic E-state index is 0.228. The minimum atomic E-state index is 0.228. The molecule has 26 heavy (non-hydrogen) atoms. The van der Waals surface area contributed by atoms with Crippen molar-refractivity contribution in [1.29, 1.82) is 0 Å². The highest BCUT2D eigenvalue weighted by Crippen LogP contribution is 2.33. The monoisotopic (exact) mass is 369 g/mol. The van der Waals surface area contributed by atoms with E-state index in [1.807, 2.05) is 38.4 Å². The summed E-state index contributed by atoms with van der Waals surface area (Å²) in [6.45, 7) is 7.84. The first-order chi connectivity index (χ1) is 12.6. The second kappa shape index (κ2) is 7.25. The van der Waals surface area contributed by atoms with E-state index in [9.17, 15) is 0 Å². The van der Waals surface area contributed by atoms with Crippen LogP contribution in [0.3, 0.4) is 0 Å². The third-order valence-corrected chi connectivity index (χ3v) is 5.66. The van der Waals surface area contributed by atoms with E-state index < -0.39 is 0 Å². The first kappa shape index (κ1) is 17.3. The van der Waals surface area contributed by atoms with Crippen LogP contribution < -0.4 is 0 Å². The van der Waals surface area contributed by atoms with Crippen molar-refractivity contribution < 1.29 is 4.52 Å². The van der Waals surface area contributed by atoms with Crippen molar-refractivity contribution in [3.05, 3.63) is 45.6 Å². The molecule has 0 saturated carbocycles. The first-order valence-corrected chi connectivity index (χ1v) is 9.91. The van der Waals surface area contributed by atoms with Crippen molar-refractivity contribution in [2.75, 3.05) is 6.54 Å².